The van der Waals surface area contributed by atoms with Crippen LogP contribution in [0.3, 0.4) is 0 Å². The lowest BCUT2D eigenvalue weighted by molar-refractivity contribution is -0.139. The Balaban J connectivity index is 1.35. The van der Waals surface area contributed by atoms with Gasteiger partial charge >= 0.3 is 12.1 Å². The topological polar surface area (TPSA) is 103 Å². The number of benzene rings is 1. The molecule has 1 unspecified atom stereocenters. The number of aromatic nitrogens is 2. The maximum Gasteiger partial charge on any atom is 0.413 e. The molecule has 4 aromatic rings. The Hall–Kier alpha value is -3.81. The van der Waals surface area contributed by atoms with E-state index in [0.29, 0.717) is 30.0 Å². The fourth-order valence-corrected chi connectivity index (χ4v) is 6.96. The van der Waals surface area contributed by atoms with Crippen LogP contribution in [-0.4, -0.2) is 34.1 Å². The van der Waals surface area contributed by atoms with Gasteiger partial charge in [-0.05, 0) is 43.9 Å². The lowest BCUT2D eigenvalue weighted by Gasteiger charge is -2.16. The van der Waals surface area contributed by atoms with Crippen LogP contribution in [0.15, 0.2) is 36.5 Å². The molecular formula is C27H25N3O5S2. The van der Waals surface area contributed by atoms with Crippen molar-refractivity contribution < 1.29 is 24.2 Å². The highest BCUT2D eigenvalue weighted by Crippen LogP contribution is 2.57. The quantitative estimate of drug-likeness (QED) is 0.301. The predicted octanol–water partition coefficient (Wildman–Crippen LogP) is 5.84. The minimum absolute atomic E-state index is 0.418. The highest BCUT2D eigenvalue weighted by atomic mass is 32.1. The number of carbonyl (C=O) groups excluding carboxylic acids is 1. The lowest BCUT2D eigenvalue weighted by atomic mass is 10.1. The van der Waals surface area contributed by atoms with Crippen molar-refractivity contribution in [1.29, 1.82) is 0 Å². The summed E-state index contributed by atoms with van der Waals surface area (Å²) in [5.41, 5.74) is 1.72. The number of methoxy groups -OCH3 is 1. The average molecular weight is 536 g/mol. The van der Waals surface area contributed by atoms with Crippen molar-refractivity contribution in [1.82, 2.24) is 9.78 Å². The van der Waals surface area contributed by atoms with E-state index >= 15 is 0 Å². The monoisotopic (exact) mass is 535 g/mol. The number of amides is 1. The standard InChI is InChI=1S/C27H25N3O5S2/c1-15-7-5-6-8-19(15)16(2)35-26(33)29-24-17(14-28-30(24)3)9-10-18-13-20-22(36-18)21(34-4)23(37-20)27(11-12-27)25(31)32/h5-8,13-14,16H,11-12H2,1-4H3,(H,29,33)(H,31,32). The molecule has 1 atom stereocenters. The van der Waals surface area contributed by atoms with E-state index in [1.165, 1.54) is 27.4 Å². The van der Waals surface area contributed by atoms with Crippen molar-refractivity contribution in [2.24, 2.45) is 7.05 Å². The van der Waals surface area contributed by atoms with Crippen LogP contribution < -0.4 is 10.1 Å². The molecule has 2 N–H and O–H groups in total. The number of hydrogen-bond acceptors (Lipinski definition) is 7. The molecule has 1 aliphatic rings. The van der Waals surface area contributed by atoms with E-state index in [4.69, 9.17) is 9.47 Å². The summed E-state index contributed by atoms with van der Waals surface area (Å²) in [5, 5.41) is 16.7. The van der Waals surface area contributed by atoms with Gasteiger partial charge < -0.3 is 14.6 Å². The fourth-order valence-electron chi connectivity index (χ4n) is 4.29. The van der Waals surface area contributed by atoms with Crippen molar-refractivity contribution >= 4 is 50.0 Å². The van der Waals surface area contributed by atoms with Crippen molar-refractivity contribution in [3.8, 4) is 17.6 Å². The zero-order valence-electron chi connectivity index (χ0n) is 20.7. The van der Waals surface area contributed by atoms with E-state index in [-0.39, 0.29) is 0 Å². The first-order chi connectivity index (χ1) is 17.7. The van der Waals surface area contributed by atoms with Gasteiger partial charge in [-0.2, -0.15) is 5.10 Å². The number of rotatable bonds is 6. The van der Waals surface area contributed by atoms with Crippen LogP contribution in [-0.2, 0) is 22.0 Å². The Kier molecular flexibility index (Phi) is 6.43. The molecule has 1 amide bonds. The van der Waals surface area contributed by atoms with Gasteiger partial charge in [0.25, 0.3) is 0 Å². The molecule has 5 rings (SSSR count). The molecule has 1 saturated carbocycles. The first kappa shape index (κ1) is 24.9. The van der Waals surface area contributed by atoms with E-state index < -0.39 is 23.6 Å². The van der Waals surface area contributed by atoms with E-state index in [2.05, 4.69) is 22.3 Å². The number of aliphatic carboxylic acids is 1. The Morgan fingerprint density at radius 3 is 2.68 bits per heavy atom. The third kappa shape index (κ3) is 4.56. The van der Waals surface area contributed by atoms with Gasteiger partial charge in [-0.3, -0.25) is 14.8 Å². The molecular weight excluding hydrogens is 510 g/mol. The highest BCUT2D eigenvalue weighted by Gasteiger charge is 2.55. The molecule has 1 aliphatic carbocycles. The molecule has 0 radical (unpaired) electrons. The molecule has 0 bridgehead atoms. The number of thiophene rings is 2. The van der Waals surface area contributed by atoms with Gasteiger partial charge in [-0.15, -0.1) is 22.7 Å². The SMILES string of the molecule is COc1c(C2(C(=O)O)CC2)sc2cc(C#Cc3cnn(C)c3NC(=O)OC(C)c3ccccc3C)sc12. The molecule has 1 aromatic carbocycles. The van der Waals surface area contributed by atoms with Gasteiger partial charge in [0.1, 0.15) is 17.3 Å². The van der Waals surface area contributed by atoms with Gasteiger partial charge in [0.05, 0.1) is 38.0 Å². The van der Waals surface area contributed by atoms with E-state index in [1.807, 2.05) is 44.2 Å². The normalized spacial score (nSPS) is 14.5. The molecule has 190 valence electrons. The summed E-state index contributed by atoms with van der Waals surface area (Å²) in [7, 11) is 3.29. The summed E-state index contributed by atoms with van der Waals surface area (Å²) < 4.78 is 14.6. The molecule has 0 saturated heterocycles. The van der Waals surface area contributed by atoms with E-state index in [0.717, 1.165) is 30.3 Å². The number of nitrogens with zero attached hydrogens (tertiary/aromatic N) is 2. The minimum atomic E-state index is -0.817. The Labute approximate surface area is 221 Å². The molecule has 3 aromatic heterocycles. The molecule has 10 heteroatoms. The number of ether oxygens (including phenoxy) is 2. The van der Waals surface area contributed by atoms with Crippen molar-refractivity contribution in [2.75, 3.05) is 12.4 Å². The third-order valence-electron chi connectivity index (χ3n) is 6.51. The van der Waals surface area contributed by atoms with Crippen molar-refractivity contribution in [3.05, 3.63) is 63.0 Å². The number of carboxylic acids is 1. The molecule has 1 fully saturated rings. The number of anilines is 1. The number of hydrogen-bond donors (Lipinski definition) is 2. The Bertz CT molecular complexity index is 1580. The summed E-state index contributed by atoms with van der Waals surface area (Å²) in [5.74, 6) is 6.50. The second-order valence-electron chi connectivity index (χ2n) is 8.97. The molecule has 0 spiro atoms. The smallest absolute Gasteiger partial charge is 0.413 e. The first-order valence-corrected chi connectivity index (χ1v) is 13.3. The van der Waals surface area contributed by atoms with Crippen LogP contribution >= 0.6 is 22.7 Å². The Morgan fingerprint density at radius 2 is 2.00 bits per heavy atom. The molecule has 3 heterocycles. The Morgan fingerprint density at radius 1 is 1.24 bits per heavy atom. The average Bonchev–Trinajstić information content (AvgIpc) is 3.33. The summed E-state index contributed by atoms with van der Waals surface area (Å²) in [6, 6.07) is 9.71. The minimum Gasteiger partial charge on any atom is -0.494 e. The molecule has 8 nitrogen and oxygen atoms in total. The summed E-state index contributed by atoms with van der Waals surface area (Å²) in [4.78, 5) is 26.0. The van der Waals surface area contributed by atoms with Crippen molar-refractivity contribution in [2.45, 2.75) is 38.2 Å². The van der Waals surface area contributed by atoms with Gasteiger partial charge in [-0.1, -0.05) is 36.1 Å². The van der Waals surface area contributed by atoms with Crippen LogP contribution in [0.5, 0.6) is 5.75 Å². The molecule has 37 heavy (non-hydrogen) atoms. The van der Waals surface area contributed by atoms with Crippen LogP contribution in [0.4, 0.5) is 10.6 Å². The zero-order valence-corrected chi connectivity index (χ0v) is 22.4. The second-order valence-corrected chi connectivity index (χ2v) is 11.1. The van der Waals surface area contributed by atoms with E-state index in [9.17, 15) is 14.7 Å². The van der Waals surface area contributed by atoms with Crippen molar-refractivity contribution in [3.63, 3.8) is 0 Å². The maximum absolute atomic E-state index is 12.6. The summed E-state index contributed by atoms with van der Waals surface area (Å²) in [6.07, 6.45) is 1.83. The molecule has 0 aliphatic heterocycles. The summed E-state index contributed by atoms with van der Waals surface area (Å²) in [6.45, 7) is 3.80. The lowest BCUT2D eigenvalue weighted by Crippen LogP contribution is -2.18. The van der Waals surface area contributed by atoms with Crippen LogP contribution in [0.25, 0.3) is 9.40 Å². The van der Waals surface area contributed by atoms with Crippen LogP contribution in [0.2, 0.25) is 0 Å². The van der Waals surface area contributed by atoms with Gasteiger partial charge in [0.15, 0.2) is 5.75 Å². The maximum atomic E-state index is 12.6. The predicted molar refractivity (Wildman–Crippen MR) is 144 cm³/mol. The number of carboxylic acid groups (broad SMARTS) is 1. The number of aryl methyl sites for hydroxylation is 2. The first-order valence-electron chi connectivity index (χ1n) is 11.6. The second kappa shape index (κ2) is 9.57. The number of nitrogens with one attached hydrogen (secondary N) is 1. The van der Waals surface area contributed by atoms with Gasteiger partial charge in [0.2, 0.25) is 0 Å². The van der Waals surface area contributed by atoms with Crippen LogP contribution in [0, 0.1) is 18.8 Å². The van der Waals surface area contributed by atoms with Gasteiger partial charge in [0, 0.05) is 7.05 Å². The zero-order chi connectivity index (χ0) is 26.3. The largest absolute Gasteiger partial charge is 0.494 e. The third-order valence-corrected chi connectivity index (χ3v) is 9.01. The number of carbonyl (C=O) groups is 2. The fraction of sp³-hybridized carbons (Fsp3) is 0.296. The van der Waals surface area contributed by atoms with Crippen LogP contribution in [0.1, 0.15) is 52.3 Å². The highest BCUT2D eigenvalue weighted by molar-refractivity contribution is 7.28. The number of fused-ring (bicyclic) bond motifs is 1. The van der Waals surface area contributed by atoms with Gasteiger partial charge in [-0.25, -0.2) is 4.79 Å². The van der Waals surface area contributed by atoms with E-state index in [1.54, 1.807) is 20.4 Å². The summed E-state index contributed by atoms with van der Waals surface area (Å²) >= 11 is 2.91.